The molecule has 0 aliphatic heterocycles. The Kier molecular flexibility index (Phi) is 5.54. The normalized spacial score (nSPS) is 11.1. The van der Waals surface area contributed by atoms with Crippen molar-refractivity contribution in [3.8, 4) is 0 Å². The first-order valence-electron chi connectivity index (χ1n) is 6.08. The Balaban J connectivity index is 2.05. The number of anilines is 1. The van der Waals surface area contributed by atoms with Crippen LogP contribution in [0.1, 0.15) is 0 Å². The van der Waals surface area contributed by atoms with Crippen LogP contribution in [-0.4, -0.2) is 46.7 Å². The minimum atomic E-state index is 0.0402. The van der Waals surface area contributed by atoms with Crippen LogP contribution in [0.4, 0.5) is 16.5 Å². The van der Waals surface area contributed by atoms with Gasteiger partial charge in [-0.15, -0.1) is 20.4 Å². The fourth-order valence-corrected chi connectivity index (χ4v) is 2.02. The number of aromatic nitrogens is 2. The molecule has 0 spiro atoms. The van der Waals surface area contributed by atoms with E-state index in [1.807, 2.05) is 29.2 Å². The van der Waals surface area contributed by atoms with Crippen LogP contribution in [0.25, 0.3) is 0 Å². The fourth-order valence-electron chi connectivity index (χ4n) is 1.65. The molecule has 0 fully saturated rings. The van der Waals surface area contributed by atoms with Crippen LogP contribution in [0, 0.1) is 0 Å². The molecule has 7 nitrogen and oxygen atoms in total. The minimum absolute atomic E-state index is 0.0402. The second-order valence-corrected chi connectivity index (χ2v) is 4.68. The third kappa shape index (κ3) is 4.05. The lowest BCUT2D eigenvalue weighted by Gasteiger charge is -2.22. The first-order chi connectivity index (χ1) is 9.83. The molecule has 2 N–H and O–H groups in total. The van der Waals surface area contributed by atoms with Gasteiger partial charge in [0.1, 0.15) is 5.51 Å². The lowest BCUT2D eigenvalue weighted by molar-refractivity contribution is 0.281. The molecule has 0 amide bonds. The highest BCUT2D eigenvalue weighted by molar-refractivity contribution is 7.13. The maximum Gasteiger partial charge on any atom is 0.251 e. The van der Waals surface area contributed by atoms with Crippen LogP contribution in [0.15, 0.2) is 40.0 Å². The first-order valence-corrected chi connectivity index (χ1v) is 6.96. The molecular formula is C12H15N5O2S. The Morgan fingerprint density at radius 2 is 1.75 bits per heavy atom. The fraction of sp³-hybridized carbons (Fsp3) is 0.333. The van der Waals surface area contributed by atoms with E-state index in [9.17, 15) is 0 Å². The second kappa shape index (κ2) is 7.63. The van der Waals surface area contributed by atoms with E-state index < -0.39 is 0 Å². The van der Waals surface area contributed by atoms with Gasteiger partial charge in [0.15, 0.2) is 0 Å². The molecule has 0 saturated heterocycles. The summed E-state index contributed by atoms with van der Waals surface area (Å²) in [6.07, 6.45) is 0. The van der Waals surface area contributed by atoms with Gasteiger partial charge in [-0.25, -0.2) is 0 Å². The summed E-state index contributed by atoms with van der Waals surface area (Å²) in [7, 11) is 0. The lowest BCUT2D eigenvalue weighted by atomic mass is 10.2. The number of hydrogen-bond donors (Lipinski definition) is 2. The molecule has 0 aliphatic rings. The van der Waals surface area contributed by atoms with Crippen molar-refractivity contribution in [3.63, 3.8) is 0 Å². The van der Waals surface area contributed by atoms with Gasteiger partial charge in [-0.2, -0.15) is 0 Å². The first kappa shape index (κ1) is 14.5. The molecule has 106 valence electrons. The van der Waals surface area contributed by atoms with Crippen molar-refractivity contribution in [2.24, 2.45) is 10.2 Å². The number of rotatable bonds is 7. The van der Waals surface area contributed by atoms with Gasteiger partial charge >= 0.3 is 0 Å². The average molecular weight is 293 g/mol. The molecule has 0 bridgehead atoms. The molecule has 1 aromatic carbocycles. The number of hydrogen-bond acceptors (Lipinski definition) is 8. The van der Waals surface area contributed by atoms with Crippen LogP contribution < -0.4 is 4.90 Å². The summed E-state index contributed by atoms with van der Waals surface area (Å²) < 4.78 is 0. The van der Waals surface area contributed by atoms with Crippen molar-refractivity contribution >= 4 is 27.8 Å². The maximum absolute atomic E-state index is 9.00. The van der Waals surface area contributed by atoms with E-state index in [0.29, 0.717) is 23.9 Å². The van der Waals surface area contributed by atoms with E-state index in [2.05, 4.69) is 20.4 Å². The summed E-state index contributed by atoms with van der Waals surface area (Å²) in [6.45, 7) is 1.04. The summed E-state index contributed by atoms with van der Waals surface area (Å²) in [5, 5.41) is 34.0. The smallest absolute Gasteiger partial charge is 0.251 e. The summed E-state index contributed by atoms with van der Waals surface area (Å²) >= 11 is 1.32. The summed E-state index contributed by atoms with van der Waals surface area (Å²) in [6, 6.07) is 7.39. The van der Waals surface area contributed by atoms with Gasteiger partial charge in [0, 0.05) is 18.8 Å². The monoisotopic (exact) mass is 293 g/mol. The van der Waals surface area contributed by atoms with Crippen LogP contribution >= 0.6 is 11.3 Å². The number of aliphatic hydroxyl groups excluding tert-OH is 2. The Morgan fingerprint density at radius 1 is 1.05 bits per heavy atom. The molecule has 8 heteroatoms. The predicted molar refractivity (Wildman–Crippen MR) is 76.9 cm³/mol. The quantitative estimate of drug-likeness (QED) is 0.758. The highest BCUT2D eigenvalue weighted by Gasteiger charge is 2.04. The maximum atomic E-state index is 9.00. The van der Waals surface area contributed by atoms with Crippen LogP contribution in [0.3, 0.4) is 0 Å². The summed E-state index contributed by atoms with van der Waals surface area (Å²) in [5.41, 5.74) is 3.22. The van der Waals surface area contributed by atoms with Gasteiger partial charge in [-0.05, 0) is 24.3 Å². The molecule has 20 heavy (non-hydrogen) atoms. The van der Waals surface area contributed by atoms with E-state index in [1.165, 1.54) is 11.3 Å². The van der Waals surface area contributed by atoms with Gasteiger partial charge in [0.25, 0.3) is 5.13 Å². The van der Waals surface area contributed by atoms with Crippen molar-refractivity contribution < 1.29 is 10.2 Å². The molecule has 1 aromatic heterocycles. The summed E-state index contributed by atoms with van der Waals surface area (Å²) in [4.78, 5) is 1.89. The van der Waals surface area contributed by atoms with Crippen LogP contribution in [-0.2, 0) is 0 Å². The van der Waals surface area contributed by atoms with Crippen molar-refractivity contribution in [2.75, 3.05) is 31.2 Å². The molecule has 2 aromatic rings. The average Bonchev–Trinajstić information content (AvgIpc) is 2.99. The minimum Gasteiger partial charge on any atom is -0.395 e. The van der Waals surface area contributed by atoms with Crippen molar-refractivity contribution in [2.45, 2.75) is 0 Å². The van der Waals surface area contributed by atoms with Crippen molar-refractivity contribution in [1.29, 1.82) is 0 Å². The molecule has 0 unspecified atom stereocenters. The Hall–Kier alpha value is -1.90. The van der Waals surface area contributed by atoms with Gasteiger partial charge < -0.3 is 15.1 Å². The zero-order chi connectivity index (χ0) is 14.2. The van der Waals surface area contributed by atoms with E-state index in [1.54, 1.807) is 5.51 Å². The third-order valence-electron chi connectivity index (χ3n) is 2.55. The number of aliphatic hydroxyl groups is 2. The zero-order valence-corrected chi connectivity index (χ0v) is 11.6. The molecule has 0 radical (unpaired) electrons. The number of nitrogens with zero attached hydrogens (tertiary/aromatic N) is 5. The van der Waals surface area contributed by atoms with E-state index in [0.717, 1.165) is 5.69 Å². The largest absolute Gasteiger partial charge is 0.395 e. The molecule has 0 atom stereocenters. The predicted octanol–water partition coefficient (Wildman–Crippen LogP) is 1.74. The molecule has 1 heterocycles. The Morgan fingerprint density at radius 3 is 2.30 bits per heavy atom. The number of benzene rings is 1. The van der Waals surface area contributed by atoms with Crippen molar-refractivity contribution in [1.82, 2.24) is 10.2 Å². The van der Waals surface area contributed by atoms with E-state index in [4.69, 9.17) is 10.2 Å². The third-order valence-corrected chi connectivity index (χ3v) is 3.13. The standard InChI is InChI=1S/C12H15N5O2S/c18-7-5-17(6-8-19)11-3-1-10(2-4-11)14-16-12-15-13-9-20-12/h1-4,9,18-19H,5-8H2. The lowest BCUT2D eigenvalue weighted by Crippen LogP contribution is -2.29. The van der Waals surface area contributed by atoms with Gasteiger partial charge in [-0.3, -0.25) is 0 Å². The van der Waals surface area contributed by atoms with Crippen LogP contribution in [0.5, 0.6) is 0 Å². The number of azo groups is 1. The topological polar surface area (TPSA) is 94.2 Å². The molecule has 2 rings (SSSR count). The molecular weight excluding hydrogens is 278 g/mol. The zero-order valence-electron chi connectivity index (χ0n) is 10.8. The molecule has 0 saturated carbocycles. The SMILES string of the molecule is OCCN(CCO)c1ccc(N=Nc2nncs2)cc1. The van der Waals surface area contributed by atoms with E-state index in [-0.39, 0.29) is 13.2 Å². The van der Waals surface area contributed by atoms with E-state index >= 15 is 0 Å². The second-order valence-electron chi connectivity index (χ2n) is 3.87. The summed E-state index contributed by atoms with van der Waals surface area (Å²) in [5.74, 6) is 0. The van der Waals surface area contributed by atoms with Crippen molar-refractivity contribution in [3.05, 3.63) is 29.8 Å². The molecule has 0 aliphatic carbocycles. The highest BCUT2D eigenvalue weighted by Crippen LogP contribution is 2.22. The Bertz CT molecular complexity index is 523. The van der Waals surface area contributed by atoms with Gasteiger partial charge in [0.05, 0.1) is 18.9 Å². The Labute approximate surface area is 120 Å². The van der Waals surface area contributed by atoms with Gasteiger partial charge in [0.2, 0.25) is 0 Å². The van der Waals surface area contributed by atoms with Gasteiger partial charge in [-0.1, -0.05) is 11.3 Å². The van der Waals surface area contributed by atoms with Crippen LogP contribution in [0.2, 0.25) is 0 Å². The highest BCUT2D eigenvalue weighted by atomic mass is 32.1.